The first kappa shape index (κ1) is 14.5. The third-order valence-electron chi connectivity index (χ3n) is 4.09. The molecule has 1 fully saturated rings. The molecule has 20 heavy (non-hydrogen) atoms. The van der Waals surface area contributed by atoms with Crippen LogP contribution in [-0.4, -0.2) is 11.4 Å². The molecule has 2 rings (SSSR count). The number of anilines is 1. The van der Waals surface area contributed by atoms with Crippen LogP contribution in [0.1, 0.15) is 45.1 Å². The van der Waals surface area contributed by atoms with Gasteiger partial charge in [0.25, 0.3) is 0 Å². The van der Waals surface area contributed by atoms with Crippen molar-refractivity contribution in [2.24, 2.45) is 5.73 Å². The van der Waals surface area contributed by atoms with Crippen LogP contribution in [-0.2, 0) is 10.2 Å². The summed E-state index contributed by atoms with van der Waals surface area (Å²) in [6, 6.07) is 9.65. The van der Waals surface area contributed by atoms with Crippen molar-refractivity contribution in [3.63, 3.8) is 0 Å². The van der Waals surface area contributed by atoms with Crippen molar-refractivity contribution in [2.45, 2.75) is 50.5 Å². The maximum absolute atomic E-state index is 12.2. The Morgan fingerprint density at radius 3 is 2.35 bits per heavy atom. The Kier molecular flexibility index (Phi) is 3.82. The zero-order valence-corrected chi connectivity index (χ0v) is 12.1. The first-order valence-electron chi connectivity index (χ1n) is 6.99. The Labute approximate surface area is 120 Å². The van der Waals surface area contributed by atoms with Crippen molar-refractivity contribution in [1.82, 2.24) is 0 Å². The molecule has 1 aliphatic carbocycles. The Morgan fingerprint density at radius 2 is 1.85 bits per heavy atom. The minimum absolute atomic E-state index is 0.109. The van der Waals surface area contributed by atoms with Gasteiger partial charge in [-0.15, -0.1) is 0 Å². The molecule has 0 atom stereocenters. The van der Waals surface area contributed by atoms with E-state index in [0.29, 0.717) is 0 Å². The summed E-state index contributed by atoms with van der Waals surface area (Å²) >= 11 is 0. The van der Waals surface area contributed by atoms with Gasteiger partial charge >= 0.3 is 0 Å². The standard InChI is InChI=1S/C16H21N3O/c1-15(2,11-17)12-5-7-13(8-6-12)19-14(20)16(18)9-3-4-10-16/h5-8H,3-4,9-10,18H2,1-2H3,(H,19,20). The molecule has 1 saturated carbocycles. The Hall–Kier alpha value is -1.86. The van der Waals surface area contributed by atoms with Crippen molar-refractivity contribution < 1.29 is 4.79 Å². The van der Waals surface area contributed by atoms with Gasteiger partial charge in [-0.2, -0.15) is 5.26 Å². The van der Waals surface area contributed by atoms with Crippen LogP contribution in [0.2, 0.25) is 0 Å². The van der Waals surface area contributed by atoms with Crippen molar-refractivity contribution in [3.05, 3.63) is 29.8 Å². The number of hydrogen-bond acceptors (Lipinski definition) is 3. The van der Waals surface area contributed by atoms with Crippen LogP contribution in [0, 0.1) is 11.3 Å². The second-order valence-electron chi connectivity index (χ2n) is 6.13. The van der Waals surface area contributed by atoms with E-state index >= 15 is 0 Å². The zero-order valence-electron chi connectivity index (χ0n) is 12.1. The predicted octanol–water partition coefficient (Wildman–Crippen LogP) is 2.70. The average Bonchev–Trinajstić information content (AvgIpc) is 2.88. The van der Waals surface area contributed by atoms with Gasteiger partial charge in [-0.3, -0.25) is 4.79 Å². The molecule has 0 heterocycles. The number of carbonyl (C=O) groups excluding carboxylic acids is 1. The number of rotatable bonds is 3. The van der Waals surface area contributed by atoms with Crippen LogP contribution in [0.15, 0.2) is 24.3 Å². The van der Waals surface area contributed by atoms with E-state index in [0.717, 1.165) is 36.9 Å². The molecule has 0 spiro atoms. The lowest BCUT2D eigenvalue weighted by Crippen LogP contribution is -2.48. The van der Waals surface area contributed by atoms with Crippen LogP contribution in [0.5, 0.6) is 0 Å². The Bertz CT molecular complexity index is 534. The monoisotopic (exact) mass is 271 g/mol. The smallest absolute Gasteiger partial charge is 0.244 e. The van der Waals surface area contributed by atoms with Crippen LogP contribution in [0.4, 0.5) is 5.69 Å². The van der Waals surface area contributed by atoms with E-state index in [9.17, 15) is 4.79 Å². The molecule has 1 aromatic carbocycles. The molecule has 106 valence electrons. The molecule has 0 saturated heterocycles. The van der Waals surface area contributed by atoms with Crippen LogP contribution < -0.4 is 11.1 Å². The number of benzene rings is 1. The van der Waals surface area contributed by atoms with E-state index in [4.69, 9.17) is 11.0 Å². The highest BCUT2D eigenvalue weighted by atomic mass is 16.2. The topological polar surface area (TPSA) is 78.9 Å². The molecule has 0 unspecified atom stereocenters. The average molecular weight is 271 g/mol. The maximum atomic E-state index is 12.2. The molecule has 1 amide bonds. The number of nitrogens with one attached hydrogen (secondary N) is 1. The summed E-state index contributed by atoms with van der Waals surface area (Å²) in [6.45, 7) is 3.74. The van der Waals surface area contributed by atoms with Gasteiger partial charge < -0.3 is 11.1 Å². The van der Waals surface area contributed by atoms with Gasteiger partial charge in [0.1, 0.15) is 0 Å². The third-order valence-corrected chi connectivity index (χ3v) is 4.09. The summed E-state index contributed by atoms with van der Waals surface area (Å²) in [7, 11) is 0. The molecule has 0 bridgehead atoms. The number of amides is 1. The second kappa shape index (κ2) is 5.26. The van der Waals surface area contributed by atoms with E-state index < -0.39 is 11.0 Å². The molecular weight excluding hydrogens is 250 g/mol. The molecule has 1 aromatic rings. The fourth-order valence-electron chi connectivity index (χ4n) is 2.52. The lowest BCUT2D eigenvalue weighted by atomic mass is 9.86. The van der Waals surface area contributed by atoms with Crippen molar-refractivity contribution in [2.75, 3.05) is 5.32 Å². The van der Waals surface area contributed by atoms with Gasteiger partial charge in [-0.05, 0) is 44.4 Å². The molecule has 1 aliphatic rings. The number of nitrogens with two attached hydrogens (primary N) is 1. The van der Waals surface area contributed by atoms with Gasteiger partial charge in [-0.1, -0.05) is 25.0 Å². The minimum Gasteiger partial charge on any atom is -0.324 e. The van der Waals surface area contributed by atoms with Crippen LogP contribution >= 0.6 is 0 Å². The van der Waals surface area contributed by atoms with E-state index in [1.165, 1.54) is 0 Å². The third kappa shape index (κ3) is 2.83. The Balaban J connectivity index is 2.08. The van der Waals surface area contributed by atoms with Crippen molar-refractivity contribution in [3.8, 4) is 6.07 Å². The lowest BCUT2D eigenvalue weighted by molar-refractivity contribution is -0.121. The first-order chi connectivity index (χ1) is 9.37. The summed E-state index contributed by atoms with van der Waals surface area (Å²) < 4.78 is 0. The summed E-state index contributed by atoms with van der Waals surface area (Å²) in [5, 5.41) is 12.0. The second-order valence-corrected chi connectivity index (χ2v) is 6.13. The van der Waals surface area contributed by atoms with E-state index in [1.54, 1.807) is 0 Å². The van der Waals surface area contributed by atoms with Crippen molar-refractivity contribution >= 4 is 11.6 Å². The quantitative estimate of drug-likeness (QED) is 0.887. The van der Waals surface area contributed by atoms with E-state index in [-0.39, 0.29) is 5.91 Å². The molecule has 4 heteroatoms. The number of carbonyl (C=O) groups is 1. The highest BCUT2D eigenvalue weighted by Gasteiger charge is 2.36. The summed E-state index contributed by atoms with van der Waals surface area (Å²) in [5.41, 5.74) is 6.53. The summed E-state index contributed by atoms with van der Waals surface area (Å²) in [6.07, 6.45) is 3.52. The van der Waals surface area contributed by atoms with Gasteiger partial charge in [0.2, 0.25) is 5.91 Å². The van der Waals surface area contributed by atoms with Crippen LogP contribution in [0.25, 0.3) is 0 Å². The van der Waals surface area contributed by atoms with Gasteiger partial charge in [0, 0.05) is 5.69 Å². The number of nitrogens with zero attached hydrogens (tertiary/aromatic N) is 1. The molecular formula is C16H21N3O. The molecule has 0 aliphatic heterocycles. The fourth-order valence-corrected chi connectivity index (χ4v) is 2.52. The highest BCUT2D eigenvalue weighted by molar-refractivity contribution is 5.98. The van der Waals surface area contributed by atoms with E-state index in [2.05, 4.69) is 11.4 Å². The Morgan fingerprint density at radius 1 is 1.30 bits per heavy atom. The molecule has 4 nitrogen and oxygen atoms in total. The zero-order chi connectivity index (χ0) is 14.8. The van der Waals surface area contributed by atoms with Gasteiger partial charge in [-0.25, -0.2) is 0 Å². The molecule has 3 N–H and O–H groups in total. The normalized spacial score (nSPS) is 17.5. The fraction of sp³-hybridized carbons (Fsp3) is 0.500. The van der Waals surface area contributed by atoms with Gasteiger partial charge in [0.05, 0.1) is 17.0 Å². The summed E-state index contributed by atoms with van der Waals surface area (Å²) in [4.78, 5) is 12.2. The minimum atomic E-state index is -0.718. The number of hydrogen-bond donors (Lipinski definition) is 2. The predicted molar refractivity (Wildman–Crippen MR) is 79.1 cm³/mol. The van der Waals surface area contributed by atoms with Gasteiger partial charge in [0.15, 0.2) is 0 Å². The van der Waals surface area contributed by atoms with Crippen LogP contribution in [0.3, 0.4) is 0 Å². The molecule has 0 radical (unpaired) electrons. The lowest BCUT2D eigenvalue weighted by Gasteiger charge is -2.22. The SMILES string of the molecule is CC(C)(C#N)c1ccc(NC(=O)C2(N)CCCC2)cc1. The highest BCUT2D eigenvalue weighted by Crippen LogP contribution is 2.29. The largest absolute Gasteiger partial charge is 0.324 e. The van der Waals surface area contributed by atoms with Crippen molar-refractivity contribution in [1.29, 1.82) is 5.26 Å². The first-order valence-corrected chi connectivity index (χ1v) is 6.99. The summed E-state index contributed by atoms with van der Waals surface area (Å²) in [5.74, 6) is -0.109. The molecule has 0 aromatic heterocycles. The number of nitriles is 1. The van der Waals surface area contributed by atoms with E-state index in [1.807, 2.05) is 38.1 Å². The maximum Gasteiger partial charge on any atom is 0.244 e.